The maximum absolute atomic E-state index is 12.4. The Morgan fingerprint density at radius 3 is 2.43 bits per heavy atom. The van der Waals surface area contributed by atoms with E-state index in [2.05, 4.69) is 11.9 Å². The fourth-order valence-electron chi connectivity index (χ4n) is 4.06. The Morgan fingerprint density at radius 1 is 1.16 bits per heavy atom. The Balaban J connectivity index is 1.86. The van der Waals surface area contributed by atoms with Crippen molar-refractivity contribution in [2.75, 3.05) is 7.11 Å². The third-order valence-corrected chi connectivity index (χ3v) is 5.95. The zero-order valence-corrected chi connectivity index (χ0v) is 21.8. The molecule has 0 heterocycles. The summed E-state index contributed by atoms with van der Waals surface area (Å²) in [4.78, 5) is 24.5. The molecule has 1 amide bonds. The average Bonchev–Trinajstić information content (AvgIpc) is 2.87. The molecule has 2 atom stereocenters. The lowest BCUT2D eigenvalue weighted by molar-refractivity contribution is -0.141. The van der Waals surface area contributed by atoms with Crippen molar-refractivity contribution in [3.63, 3.8) is 0 Å². The van der Waals surface area contributed by atoms with Crippen LogP contribution in [0.25, 0.3) is 11.6 Å². The Kier molecular flexibility index (Phi) is 8.95. The monoisotopic (exact) mass is 505 g/mol. The number of ether oxygens (including phenoxy) is 3. The first-order valence-corrected chi connectivity index (χ1v) is 12.1. The van der Waals surface area contributed by atoms with Gasteiger partial charge in [0, 0.05) is 6.42 Å². The van der Waals surface area contributed by atoms with Crippen LogP contribution in [0.2, 0.25) is 0 Å². The summed E-state index contributed by atoms with van der Waals surface area (Å²) in [5.41, 5.74) is 2.21. The van der Waals surface area contributed by atoms with Gasteiger partial charge in [-0.15, -0.1) is 0 Å². The molecule has 7 heteroatoms. The molecular formula is C30H35NO6. The van der Waals surface area contributed by atoms with Crippen LogP contribution in [-0.4, -0.2) is 41.5 Å². The van der Waals surface area contributed by atoms with Gasteiger partial charge >= 0.3 is 12.1 Å². The van der Waals surface area contributed by atoms with Crippen LogP contribution in [0.15, 0.2) is 73.3 Å². The molecule has 1 aliphatic carbocycles. The van der Waals surface area contributed by atoms with Gasteiger partial charge in [0.2, 0.25) is 0 Å². The summed E-state index contributed by atoms with van der Waals surface area (Å²) in [5.74, 6) is -0.435. The maximum atomic E-state index is 12.4. The summed E-state index contributed by atoms with van der Waals surface area (Å²) in [6.07, 6.45) is 7.30. The molecule has 2 aromatic rings. The molecule has 0 spiro atoms. The predicted octanol–water partition coefficient (Wildman–Crippen LogP) is 6.01. The van der Waals surface area contributed by atoms with Gasteiger partial charge in [0.15, 0.2) is 0 Å². The van der Waals surface area contributed by atoms with Gasteiger partial charge in [-0.2, -0.15) is 0 Å². The molecule has 1 aliphatic rings. The topological polar surface area (TPSA) is 94.1 Å². The number of hydrogen-bond donors (Lipinski definition) is 2. The van der Waals surface area contributed by atoms with Crippen molar-refractivity contribution >= 4 is 23.7 Å². The number of hydrogen-bond acceptors (Lipinski definition) is 5. The number of nitrogens with one attached hydrogen (secondary N) is 1. The summed E-state index contributed by atoms with van der Waals surface area (Å²) < 4.78 is 16.9. The highest BCUT2D eigenvalue weighted by Crippen LogP contribution is 2.35. The first-order valence-electron chi connectivity index (χ1n) is 12.1. The second kappa shape index (κ2) is 11.9. The van der Waals surface area contributed by atoms with E-state index in [4.69, 9.17) is 14.2 Å². The van der Waals surface area contributed by atoms with Crippen molar-refractivity contribution in [1.82, 2.24) is 5.32 Å². The van der Waals surface area contributed by atoms with Gasteiger partial charge in [0.1, 0.15) is 17.4 Å². The van der Waals surface area contributed by atoms with Crippen LogP contribution in [0.1, 0.15) is 50.3 Å². The molecule has 2 unspecified atom stereocenters. The fraction of sp³-hybridized carbons (Fsp3) is 0.333. The molecule has 196 valence electrons. The molecule has 2 N–H and O–H groups in total. The molecule has 3 rings (SSSR count). The average molecular weight is 506 g/mol. The van der Waals surface area contributed by atoms with Crippen LogP contribution in [0.3, 0.4) is 0 Å². The molecule has 2 aromatic carbocycles. The van der Waals surface area contributed by atoms with Gasteiger partial charge in [0.25, 0.3) is 0 Å². The molecule has 0 fully saturated rings. The van der Waals surface area contributed by atoms with Crippen molar-refractivity contribution in [2.45, 2.75) is 57.5 Å². The zero-order chi connectivity index (χ0) is 27.1. The van der Waals surface area contributed by atoms with E-state index in [1.807, 2.05) is 66.8 Å². The van der Waals surface area contributed by atoms with Crippen molar-refractivity contribution in [3.05, 3.63) is 90.0 Å². The number of allylic oxidation sites excluding steroid dienone is 2. The zero-order valence-electron chi connectivity index (χ0n) is 21.8. The quantitative estimate of drug-likeness (QED) is 0.411. The van der Waals surface area contributed by atoms with Crippen molar-refractivity contribution < 1.29 is 28.9 Å². The van der Waals surface area contributed by atoms with Gasteiger partial charge in [-0.1, -0.05) is 67.3 Å². The number of carboxylic acid groups (broad SMARTS) is 1. The van der Waals surface area contributed by atoms with Gasteiger partial charge in [-0.05, 0) is 61.6 Å². The molecular weight excluding hydrogens is 470 g/mol. The van der Waals surface area contributed by atoms with E-state index in [0.29, 0.717) is 6.42 Å². The van der Waals surface area contributed by atoms with Crippen LogP contribution in [0.5, 0.6) is 5.75 Å². The van der Waals surface area contributed by atoms with Gasteiger partial charge in [0.05, 0.1) is 19.3 Å². The van der Waals surface area contributed by atoms with Crippen molar-refractivity contribution in [3.8, 4) is 5.75 Å². The van der Waals surface area contributed by atoms with Crippen LogP contribution in [0, 0.1) is 0 Å². The summed E-state index contributed by atoms with van der Waals surface area (Å²) in [7, 11) is 1.60. The minimum Gasteiger partial charge on any atom is -0.497 e. The van der Waals surface area contributed by atoms with E-state index in [1.54, 1.807) is 34.0 Å². The Labute approximate surface area is 218 Å². The largest absolute Gasteiger partial charge is 0.497 e. The van der Waals surface area contributed by atoms with Gasteiger partial charge < -0.3 is 24.6 Å². The molecule has 0 saturated carbocycles. The van der Waals surface area contributed by atoms with E-state index in [-0.39, 0.29) is 13.0 Å². The minimum absolute atomic E-state index is 0.0150. The molecule has 0 radical (unpaired) electrons. The number of methoxy groups -OCH3 is 1. The number of benzene rings is 2. The lowest BCUT2D eigenvalue weighted by atomic mass is 9.83. The lowest BCUT2D eigenvalue weighted by Crippen LogP contribution is -2.48. The highest BCUT2D eigenvalue weighted by Gasteiger charge is 2.37. The molecule has 0 aliphatic heterocycles. The molecule has 7 nitrogen and oxygen atoms in total. The predicted molar refractivity (Wildman–Crippen MR) is 144 cm³/mol. The molecule has 0 aromatic heterocycles. The van der Waals surface area contributed by atoms with Crippen LogP contribution in [-0.2, 0) is 20.9 Å². The highest BCUT2D eigenvalue weighted by atomic mass is 16.6. The SMILES string of the molecule is C=Cc1ccccc1C1=CCC(CC(NC(=O)OC(C)(C)C)C(=O)O)(OCc2ccc(OC)cc2)C=C1. The number of rotatable bonds is 10. The fourth-order valence-corrected chi connectivity index (χ4v) is 4.06. The number of alkyl carbamates (subject to hydrolysis) is 1. The summed E-state index contributed by atoms with van der Waals surface area (Å²) in [5, 5.41) is 12.4. The van der Waals surface area contributed by atoms with Gasteiger partial charge in [-0.3, -0.25) is 0 Å². The summed E-state index contributed by atoms with van der Waals surface area (Å²) in [6.45, 7) is 9.31. The molecule has 0 saturated heterocycles. The van der Waals surface area contributed by atoms with Crippen molar-refractivity contribution in [1.29, 1.82) is 0 Å². The number of carbonyl (C=O) groups is 2. The number of aliphatic carboxylic acids is 1. The number of carboxylic acids is 1. The third-order valence-electron chi connectivity index (χ3n) is 5.95. The van der Waals surface area contributed by atoms with Crippen LogP contribution >= 0.6 is 0 Å². The lowest BCUT2D eigenvalue weighted by Gasteiger charge is -2.35. The van der Waals surface area contributed by atoms with E-state index in [1.165, 1.54) is 0 Å². The van der Waals surface area contributed by atoms with E-state index < -0.39 is 29.3 Å². The normalized spacial score (nSPS) is 17.9. The third kappa shape index (κ3) is 7.82. The summed E-state index contributed by atoms with van der Waals surface area (Å²) in [6, 6.07) is 14.2. The molecule has 37 heavy (non-hydrogen) atoms. The second-order valence-corrected chi connectivity index (χ2v) is 9.93. The Morgan fingerprint density at radius 2 is 1.86 bits per heavy atom. The Bertz CT molecular complexity index is 1180. The van der Waals surface area contributed by atoms with Crippen LogP contribution < -0.4 is 10.1 Å². The smallest absolute Gasteiger partial charge is 0.408 e. The maximum Gasteiger partial charge on any atom is 0.408 e. The second-order valence-electron chi connectivity index (χ2n) is 9.93. The van der Waals surface area contributed by atoms with E-state index in [9.17, 15) is 14.7 Å². The number of carbonyl (C=O) groups excluding carboxylic acids is 1. The minimum atomic E-state index is -1.22. The van der Waals surface area contributed by atoms with E-state index >= 15 is 0 Å². The van der Waals surface area contributed by atoms with Gasteiger partial charge in [-0.25, -0.2) is 9.59 Å². The van der Waals surface area contributed by atoms with E-state index in [0.717, 1.165) is 28.0 Å². The van der Waals surface area contributed by atoms with Crippen LogP contribution in [0.4, 0.5) is 4.79 Å². The first kappa shape index (κ1) is 27.7. The first-order chi connectivity index (χ1) is 17.5. The summed E-state index contributed by atoms with van der Waals surface area (Å²) >= 11 is 0. The number of amides is 1. The molecule has 0 bridgehead atoms. The Hall–Kier alpha value is -3.84. The van der Waals surface area contributed by atoms with Crippen molar-refractivity contribution in [2.24, 2.45) is 0 Å². The standard InChI is InChI=1S/C30H35NO6/c1-6-22-9-7-8-10-25(22)23-15-17-30(18-16-23,36-20-21-11-13-24(35-5)14-12-21)19-26(27(32)33)31-28(34)37-29(2,3)4/h6-17,26H,1,18-20H2,2-5H3,(H,31,34)(H,32,33). The highest BCUT2D eigenvalue weighted by molar-refractivity contribution is 5.82.